The third-order valence-electron chi connectivity index (χ3n) is 8.81. The largest absolute Gasteiger partial charge is 0.391 e. The zero-order chi connectivity index (χ0) is 39.8. The highest BCUT2D eigenvalue weighted by atomic mass is 16.6. The first-order chi connectivity index (χ1) is 25.8. The van der Waals surface area contributed by atoms with Gasteiger partial charge in [-0.05, 0) is 87.4 Å². The Morgan fingerprint density at radius 1 is 0.722 bits per heavy atom. The number of hydrogen-bond acceptors (Lipinski definition) is 12. The van der Waals surface area contributed by atoms with Crippen LogP contribution in [-0.2, 0) is 35.1 Å². The second-order valence-corrected chi connectivity index (χ2v) is 13.3. The fourth-order valence-electron chi connectivity index (χ4n) is 5.46. The molecule has 14 N–H and O–H groups in total. The van der Waals surface area contributed by atoms with Gasteiger partial charge in [0, 0.05) is 5.56 Å². The van der Waals surface area contributed by atoms with Gasteiger partial charge in [0.25, 0.3) is 11.8 Å². The molecule has 1 heterocycles. The monoisotopic (exact) mass is 753 g/mol. The summed E-state index contributed by atoms with van der Waals surface area (Å²) < 4.78 is 4.90. The second-order valence-electron chi connectivity index (χ2n) is 13.3. The highest BCUT2D eigenvalue weighted by Crippen LogP contribution is 2.21. The topological polar surface area (TPSA) is 299 Å². The molecule has 0 saturated carbocycles. The maximum absolute atomic E-state index is 13.3. The van der Waals surface area contributed by atoms with E-state index >= 15 is 0 Å². The van der Waals surface area contributed by atoms with Crippen LogP contribution in [0.5, 0.6) is 0 Å². The zero-order valence-corrected chi connectivity index (χ0v) is 30.8. The van der Waals surface area contributed by atoms with Crippen molar-refractivity contribution in [3.8, 4) is 11.1 Å². The van der Waals surface area contributed by atoms with Crippen LogP contribution in [0, 0.1) is 0 Å². The van der Waals surface area contributed by atoms with Crippen molar-refractivity contribution in [2.75, 3.05) is 19.7 Å². The highest BCUT2D eigenvalue weighted by molar-refractivity contribution is 5.99. The van der Waals surface area contributed by atoms with E-state index in [1.807, 2.05) is 12.1 Å². The van der Waals surface area contributed by atoms with E-state index < -0.39 is 78.0 Å². The number of hydrogen-bond donors (Lipinski definition) is 10. The number of amides is 5. The number of Topliss-reactive ketones (excluding diaryl/α,β-unsaturated/α-hetero) is 1. The Morgan fingerprint density at radius 3 is 1.85 bits per heavy atom. The number of aliphatic hydroxyl groups excluding tert-OH is 1. The highest BCUT2D eigenvalue weighted by Gasteiger charge is 2.37. The summed E-state index contributed by atoms with van der Waals surface area (Å²) in [6.07, 6.45) is -0.907. The molecule has 0 aliphatic carbocycles. The first-order valence-corrected chi connectivity index (χ1v) is 18.3. The van der Waals surface area contributed by atoms with Crippen molar-refractivity contribution >= 4 is 35.3 Å². The molecule has 0 aromatic heterocycles. The molecule has 296 valence electrons. The Morgan fingerprint density at radius 2 is 1.30 bits per heavy atom. The summed E-state index contributed by atoms with van der Waals surface area (Å²) >= 11 is 0. The lowest BCUT2D eigenvalue weighted by Crippen LogP contribution is -2.63. The average Bonchev–Trinajstić information content (AvgIpc) is 4.01. The molecule has 3 rings (SSSR count). The van der Waals surface area contributed by atoms with Gasteiger partial charge < -0.3 is 59.4 Å². The maximum Gasteiger partial charge on any atom is 0.258 e. The van der Waals surface area contributed by atoms with Crippen molar-refractivity contribution in [2.24, 2.45) is 22.9 Å². The van der Waals surface area contributed by atoms with Crippen LogP contribution < -0.4 is 49.5 Å². The summed E-state index contributed by atoms with van der Waals surface area (Å²) in [5, 5.41) is 22.4. The Labute approximate surface area is 315 Å². The van der Waals surface area contributed by atoms with Gasteiger partial charge in [0.05, 0.1) is 12.7 Å². The molecule has 17 nitrogen and oxygen atoms in total. The van der Waals surface area contributed by atoms with Gasteiger partial charge in [-0.1, -0.05) is 49.7 Å². The molecule has 1 aliphatic heterocycles. The molecule has 0 spiro atoms. The van der Waals surface area contributed by atoms with Gasteiger partial charge in [-0.15, -0.1) is 0 Å². The Kier molecular flexibility index (Phi) is 17.6. The molecule has 1 aliphatic rings. The number of ether oxygens (including phenoxy) is 1. The number of ketones is 1. The summed E-state index contributed by atoms with van der Waals surface area (Å²) in [6.45, 7) is 3.93. The number of unbranched alkanes of at least 4 members (excludes halogenated alkanes) is 2. The van der Waals surface area contributed by atoms with E-state index in [0.29, 0.717) is 19.4 Å². The van der Waals surface area contributed by atoms with Gasteiger partial charge in [0.15, 0.2) is 6.17 Å². The number of benzene rings is 2. The van der Waals surface area contributed by atoms with Gasteiger partial charge >= 0.3 is 0 Å². The Bertz CT molecular complexity index is 1570. The molecule has 0 bridgehead atoms. The minimum Gasteiger partial charge on any atom is -0.391 e. The number of carbonyl (C=O) groups is 6. The van der Waals surface area contributed by atoms with Gasteiger partial charge in [-0.25, -0.2) is 0 Å². The third-order valence-corrected chi connectivity index (χ3v) is 8.81. The number of carbonyl (C=O) groups excluding carboxylic acids is 6. The van der Waals surface area contributed by atoms with Crippen LogP contribution in [0.1, 0.15) is 68.3 Å². The van der Waals surface area contributed by atoms with Crippen molar-refractivity contribution in [2.45, 2.75) is 101 Å². The number of aryl methyl sites for hydroxylation is 1. The van der Waals surface area contributed by atoms with E-state index in [-0.39, 0.29) is 31.6 Å². The van der Waals surface area contributed by atoms with E-state index in [1.54, 1.807) is 24.3 Å². The van der Waals surface area contributed by atoms with E-state index in [9.17, 15) is 33.9 Å². The van der Waals surface area contributed by atoms with E-state index in [0.717, 1.165) is 30.4 Å². The lowest BCUT2D eigenvalue weighted by Gasteiger charge is -2.26. The smallest absolute Gasteiger partial charge is 0.258 e. The molecule has 1 fully saturated rings. The fraction of sp³-hybridized carbons (Fsp3) is 0.514. The number of rotatable bonds is 23. The summed E-state index contributed by atoms with van der Waals surface area (Å²) in [4.78, 5) is 77.7. The first-order valence-electron chi connectivity index (χ1n) is 18.3. The minimum atomic E-state index is -1.72. The number of epoxide rings is 1. The summed E-state index contributed by atoms with van der Waals surface area (Å²) in [6, 6.07) is 11.1. The van der Waals surface area contributed by atoms with Crippen molar-refractivity contribution < 1.29 is 38.6 Å². The van der Waals surface area contributed by atoms with Crippen LogP contribution in [-0.4, -0.2) is 103 Å². The molecule has 54 heavy (non-hydrogen) atoms. The first kappa shape index (κ1) is 43.6. The standard InChI is InChI=1S/C37H55N9O8/c1-3-4-7-22-9-11-23(12-10-22)24-13-15-25(16-14-24)33(49)42-27(17-19-39)34(50)44-29(21(2)47)36(52)46-32(41)37(53)43-26(8-5-6-18-38)35(51)45-31(40)30(48)28-20-54-28/h9-16,21,26-29,31-32,47H,3-8,17-20,38-41H2,1-2H3,(H,42,49)(H,43,53)(H,44,50)(H,45,51)(H,46,52). The SMILES string of the molecule is CCCCc1ccc(-c2ccc(C(=O)NC(CCN)C(=O)NC(C(=O)NC(N)C(=O)NC(CCCCN)C(=O)NC(N)C(=O)C3CO3)C(C)O)cc2)cc1. The zero-order valence-electron chi connectivity index (χ0n) is 30.8. The van der Waals surface area contributed by atoms with Crippen molar-refractivity contribution in [1.82, 2.24) is 26.6 Å². The minimum absolute atomic E-state index is 0.00660. The normalized spacial score (nSPS) is 16.8. The molecular weight excluding hydrogens is 698 g/mol. The molecular formula is C37H55N9O8. The molecule has 2 aromatic carbocycles. The predicted molar refractivity (Wildman–Crippen MR) is 201 cm³/mol. The van der Waals surface area contributed by atoms with E-state index in [4.69, 9.17) is 27.7 Å². The molecule has 7 unspecified atom stereocenters. The third kappa shape index (κ3) is 13.6. The fourth-order valence-corrected chi connectivity index (χ4v) is 5.46. The van der Waals surface area contributed by atoms with Crippen LogP contribution in [0.3, 0.4) is 0 Å². The molecule has 0 radical (unpaired) electrons. The Hall–Kier alpha value is -4.78. The lowest BCUT2D eigenvalue weighted by molar-refractivity contribution is -0.136. The summed E-state index contributed by atoms with van der Waals surface area (Å²) in [7, 11) is 0. The van der Waals surface area contributed by atoms with E-state index in [1.165, 1.54) is 12.5 Å². The quantitative estimate of drug-likeness (QED) is 0.0349. The van der Waals surface area contributed by atoms with Gasteiger partial charge in [0.1, 0.15) is 30.4 Å². The number of nitrogens with two attached hydrogens (primary N) is 4. The van der Waals surface area contributed by atoms with Crippen LogP contribution in [0.4, 0.5) is 0 Å². The predicted octanol–water partition coefficient (Wildman–Crippen LogP) is -1.61. The molecule has 2 aromatic rings. The van der Waals surface area contributed by atoms with Crippen molar-refractivity contribution in [3.63, 3.8) is 0 Å². The lowest BCUT2D eigenvalue weighted by atomic mass is 10.0. The van der Waals surface area contributed by atoms with Crippen molar-refractivity contribution in [1.29, 1.82) is 0 Å². The van der Waals surface area contributed by atoms with Crippen LogP contribution in [0.15, 0.2) is 48.5 Å². The average molecular weight is 754 g/mol. The van der Waals surface area contributed by atoms with Crippen molar-refractivity contribution in [3.05, 3.63) is 59.7 Å². The van der Waals surface area contributed by atoms with Crippen LogP contribution in [0.2, 0.25) is 0 Å². The molecule has 1 saturated heterocycles. The number of nitrogens with one attached hydrogen (secondary N) is 5. The second kappa shape index (κ2) is 21.8. The van der Waals surface area contributed by atoms with Gasteiger partial charge in [-0.2, -0.15) is 0 Å². The number of aliphatic hydroxyl groups is 1. The molecule has 17 heteroatoms. The summed E-state index contributed by atoms with van der Waals surface area (Å²) in [5.41, 5.74) is 26.4. The van der Waals surface area contributed by atoms with Gasteiger partial charge in [-0.3, -0.25) is 28.8 Å². The Balaban J connectivity index is 1.60. The van der Waals surface area contributed by atoms with Crippen LogP contribution in [0.25, 0.3) is 11.1 Å². The van der Waals surface area contributed by atoms with Crippen LogP contribution >= 0.6 is 0 Å². The summed E-state index contributed by atoms with van der Waals surface area (Å²) in [5.74, 6) is -4.64. The maximum atomic E-state index is 13.3. The molecule has 7 atom stereocenters. The van der Waals surface area contributed by atoms with E-state index in [2.05, 4.69) is 45.6 Å². The molecule has 5 amide bonds. The van der Waals surface area contributed by atoms with Gasteiger partial charge in [0.2, 0.25) is 23.5 Å².